The standard InChI is InChI=1S/C18H15BO3.B/c1-4-10-16(11-5-1)20-19(21-17-12-6-2-7-13-17)22-18-14-8-3-9-15-18;/h1-15H;. The van der Waals surface area contributed by atoms with Gasteiger partial charge < -0.3 is 14.0 Å². The molecule has 111 valence electrons. The fourth-order valence-corrected chi connectivity index (χ4v) is 1.90. The van der Waals surface area contributed by atoms with Crippen LogP contribution in [0.25, 0.3) is 0 Å². The van der Waals surface area contributed by atoms with E-state index in [0.717, 1.165) is 0 Å². The van der Waals surface area contributed by atoms with Crippen molar-refractivity contribution in [3.05, 3.63) is 91.0 Å². The molecule has 0 bridgehead atoms. The summed E-state index contributed by atoms with van der Waals surface area (Å²) in [5, 5.41) is 0. The first-order chi connectivity index (χ1) is 10.9. The maximum atomic E-state index is 5.78. The van der Waals surface area contributed by atoms with Gasteiger partial charge in [0, 0.05) is 8.41 Å². The highest BCUT2D eigenvalue weighted by Crippen LogP contribution is 2.17. The van der Waals surface area contributed by atoms with Gasteiger partial charge in [0.15, 0.2) is 0 Å². The minimum atomic E-state index is -0.868. The molecule has 23 heavy (non-hydrogen) atoms. The molecule has 0 aliphatic carbocycles. The minimum absolute atomic E-state index is 0. The van der Waals surface area contributed by atoms with Crippen LogP contribution in [0, 0.1) is 0 Å². The molecule has 0 saturated heterocycles. The number of rotatable bonds is 6. The van der Waals surface area contributed by atoms with E-state index in [4.69, 9.17) is 14.0 Å². The SMILES string of the molecule is [B].c1ccc(OB(Oc2ccccc2)Oc2ccccc2)cc1. The van der Waals surface area contributed by atoms with Crippen LogP contribution in [0.4, 0.5) is 0 Å². The molecule has 0 heterocycles. The van der Waals surface area contributed by atoms with Gasteiger partial charge in [-0.2, -0.15) is 0 Å². The summed E-state index contributed by atoms with van der Waals surface area (Å²) in [6.07, 6.45) is 0. The zero-order valence-electron chi connectivity index (χ0n) is 12.5. The van der Waals surface area contributed by atoms with E-state index in [-0.39, 0.29) is 8.41 Å². The molecule has 5 heteroatoms. The highest BCUT2D eigenvalue weighted by molar-refractivity contribution is 6.39. The van der Waals surface area contributed by atoms with Crippen molar-refractivity contribution in [1.82, 2.24) is 0 Å². The maximum Gasteiger partial charge on any atom is 0.864 e. The van der Waals surface area contributed by atoms with Gasteiger partial charge in [-0.15, -0.1) is 0 Å². The van der Waals surface area contributed by atoms with Gasteiger partial charge >= 0.3 is 7.32 Å². The molecule has 3 rings (SSSR count). The van der Waals surface area contributed by atoms with E-state index < -0.39 is 7.32 Å². The van der Waals surface area contributed by atoms with E-state index in [9.17, 15) is 0 Å². The van der Waals surface area contributed by atoms with Gasteiger partial charge in [0.2, 0.25) is 0 Å². The third-order valence-corrected chi connectivity index (χ3v) is 2.93. The molecule has 0 atom stereocenters. The predicted octanol–water partition coefficient (Wildman–Crippen LogP) is 3.83. The molecule has 0 saturated carbocycles. The molecule has 3 aromatic rings. The minimum Gasteiger partial charge on any atom is -0.490 e. The fourth-order valence-electron chi connectivity index (χ4n) is 1.90. The number of benzene rings is 3. The molecule has 0 N–H and O–H groups in total. The summed E-state index contributed by atoms with van der Waals surface area (Å²) in [5.41, 5.74) is 0. The Labute approximate surface area is 138 Å². The second kappa shape index (κ2) is 8.59. The second-order valence-electron chi connectivity index (χ2n) is 4.58. The first kappa shape index (κ1) is 16.6. The second-order valence-corrected chi connectivity index (χ2v) is 4.58. The third-order valence-electron chi connectivity index (χ3n) is 2.93. The van der Waals surface area contributed by atoms with Crippen LogP contribution in [0.2, 0.25) is 0 Å². The Morgan fingerprint density at radius 3 is 0.957 bits per heavy atom. The van der Waals surface area contributed by atoms with Gasteiger partial charge in [-0.05, 0) is 36.4 Å². The smallest absolute Gasteiger partial charge is 0.490 e. The zero-order chi connectivity index (χ0) is 15.0. The van der Waals surface area contributed by atoms with Crippen LogP contribution in [-0.4, -0.2) is 15.7 Å². The Kier molecular flexibility index (Phi) is 6.18. The topological polar surface area (TPSA) is 27.7 Å². The van der Waals surface area contributed by atoms with Gasteiger partial charge in [-0.3, -0.25) is 0 Å². The molecule has 0 amide bonds. The molecule has 3 aromatic carbocycles. The van der Waals surface area contributed by atoms with Gasteiger partial charge in [-0.25, -0.2) is 0 Å². The van der Waals surface area contributed by atoms with E-state index >= 15 is 0 Å². The molecular weight excluding hydrogens is 286 g/mol. The van der Waals surface area contributed by atoms with Gasteiger partial charge in [0.1, 0.15) is 17.2 Å². The van der Waals surface area contributed by atoms with Crippen LogP contribution >= 0.6 is 0 Å². The van der Waals surface area contributed by atoms with E-state index in [2.05, 4.69) is 0 Å². The van der Waals surface area contributed by atoms with Crippen molar-refractivity contribution >= 4 is 15.7 Å². The summed E-state index contributed by atoms with van der Waals surface area (Å²) in [4.78, 5) is 0. The molecule has 0 aliphatic heterocycles. The van der Waals surface area contributed by atoms with E-state index in [1.54, 1.807) is 0 Å². The Balaban J connectivity index is 0.00000192. The predicted molar refractivity (Wildman–Crippen MR) is 92.7 cm³/mol. The van der Waals surface area contributed by atoms with Crippen molar-refractivity contribution in [3.8, 4) is 17.2 Å². The van der Waals surface area contributed by atoms with Crippen molar-refractivity contribution < 1.29 is 14.0 Å². The Morgan fingerprint density at radius 2 is 0.696 bits per heavy atom. The van der Waals surface area contributed by atoms with Crippen LogP contribution in [0.1, 0.15) is 0 Å². The Bertz CT molecular complexity index is 580. The molecule has 0 aromatic heterocycles. The van der Waals surface area contributed by atoms with E-state index in [1.807, 2.05) is 91.0 Å². The summed E-state index contributed by atoms with van der Waals surface area (Å²) in [5.74, 6) is 2.04. The summed E-state index contributed by atoms with van der Waals surface area (Å²) in [7, 11) is -0.868. The quantitative estimate of drug-likeness (QED) is 0.648. The van der Waals surface area contributed by atoms with Crippen molar-refractivity contribution in [2.45, 2.75) is 0 Å². The number of para-hydroxylation sites is 3. The largest absolute Gasteiger partial charge is 0.864 e. The van der Waals surface area contributed by atoms with Crippen LogP contribution in [0.15, 0.2) is 91.0 Å². The highest BCUT2D eigenvalue weighted by atomic mass is 16.7. The summed E-state index contributed by atoms with van der Waals surface area (Å²) >= 11 is 0. The summed E-state index contributed by atoms with van der Waals surface area (Å²) in [6.45, 7) is 0. The average molecular weight is 301 g/mol. The van der Waals surface area contributed by atoms with Crippen molar-refractivity contribution in [2.24, 2.45) is 0 Å². The Morgan fingerprint density at radius 1 is 0.435 bits per heavy atom. The van der Waals surface area contributed by atoms with Crippen LogP contribution in [0.3, 0.4) is 0 Å². The van der Waals surface area contributed by atoms with Crippen molar-refractivity contribution in [1.29, 1.82) is 0 Å². The Hall–Kier alpha value is -2.81. The highest BCUT2D eigenvalue weighted by Gasteiger charge is 2.29. The summed E-state index contributed by atoms with van der Waals surface area (Å²) in [6, 6.07) is 28.3. The zero-order valence-corrected chi connectivity index (χ0v) is 12.5. The van der Waals surface area contributed by atoms with Crippen LogP contribution < -0.4 is 14.0 Å². The van der Waals surface area contributed by atoms with E-state index in [1.165, 1.54) is 0 Å². The number of hydrogen-bond acceptors (Lipinski definition) is 3. The van der Waals surface area contributed by atoms with Crippen molar-refractivity contribution in [3.63, 3.8) is 0 Å². The molecule has 3 nitrogen and oxygen atoms in total. The first-order valence-corrected chi connectivity index (χ1v) is 7.05. The van der Waals surface area contributed by atoms with Crippen LogP contribution in [-0.2, 0) is 0 Å². The summed E-state index contributed by atoms with van der Waals surface area (Å²) < 4.78 is 17.3. The number of hydrogen-bond donors (Lipinski definition) is 0. The fraction of sp³-hybridized carbons (Fsp3) is 0. The monoisotopic (exact) mass is 301 g/mol. The van der Waals surface area contributed by atoms with E-state index in [0.29, 0.717) is 17.2 Å². The molecule has 0 unspecified atom stereocenters. The molecule has 3 radical (unpaired) electrons. The lowest BCUT2D eigenvalue weighted by Gasteiger charge is -2.16. The average Bonchev–Trinajstić information content (AvgIpc) is 2.57. The molecule has 0 spiro atoms. The lowest BCUT2D eigenvalue weighted by molar-refractivity contribution is 0.307. The molecule has 0 aliphatic rings. The maximum absolute atomic E-state index is 5.78. The van der Waals surface area contributed by atoms with Gasteiger partial charge in [0.25, 0.3) is 0 Å². The first-order valence-electron chi connectivity index (χ1n) is 7.05. The van der Waals surface area contributed by atoms with Crippen molar-refractivity contribution in [2.75, 3.05) is 0 Å². The lowest BCUT2D eigenvalue weighted by atomic mass is 10.2. The molecule has 0 fully saturated rings. The van der Waals surface area contributed by atoms with Gasteiger partial charge in [-0.1, -0.05) is 54.6 Å². The van der Waals surface area contributed by atoms with Gasteiger partial charge in [0.05, 0.1) is 0 Å². The third kappa shape index (κ3) is 5.15. The lowest BCUT2D eigenvalue weighted by Crippen LogP contribution is -2.36. The normalized spacial score (nSPS) is 9.39. The molecular formula is C18H15B2O3. The van der Waals surface area contributed by atoms with Crippen LogP contribution in [0.5, 0.6) is 17.2 Å².